The number of nitrogens with zero attached hydrogens (tertiary/aromatic N) is 4. The van der Waals surface area contributed by atoms with Crippen LogP contribution in [0.15, 0.2) is 36.7 Å². The highest BCUT2D eigenvalue weighted by atomic mass is 15.1. The maximum atomic E-state index is 8.94. The predicted octanol–water partition coefficient (Wildman–Crippen LogP) is 2.16. The van der Waals surface area contributed by atoms with Gasteiger partial charge in [-0.15, -0.1) is 0 Å². The predicted molar refractivity (Wildman–Crippen MR) is 70.8 cm³/mol. The summed E-state index contributed by atoms with van der Waals surface area (Å²) >= 11 is 0. The second-order valence-electron chi connectivity index (χ2n) is 3.94. The van der Waals surface area contributed by atoms with Crippen LogP contribution in [0, 0.1) is 11.3 Å². The first-order valence-corrected chi connectivity index (χ1v) is 5.46. The standard InChI is InChI=1S/C13H13N5/c1-18(2)11-5-3-4-10(8-11)17-13-12(9-14)15-6-7-16-13/h3-8H,1-2H3,(H,16,17). The van der Waals surface area contributed by atoms with Crippen LogP contribution in [-0.2, 0) is 0 Å². The van der Waals surface area contributed by atoms with Crippen molar-refractivity contribution < 1.29 is 0 Å². The number of hydrogen-bond donors (Lipinski definition) is 1. The summed E-state index contributed by atoms with van der Waals surface area (Å²) in [6.45, 7) is 0. The number of nitrogens with one attached hydrogen (secondary N) is 1. The molecule has 5 heteroatoms. The van der Waals surface area contributed by atoms with Crippen molar-refractivity contribution in [1.29, 1.82) is 5.26 Å². The molecule has 0 aliphatic heterocycles. The van der Waals surface area contributed by atoms with Crippen molar-refractivity contribution in [3.63, 3.8) is 0 Å². The maximum Gasteiger partial charge on any atom is 0.183 e. The van der Waals surface area contributed by atoms with Gasteiger partial charge in [-0.05, 0) is 18.2 Å². The van der Waals surface area contributed by atoms with Crippen molar-refractivity contribution in [1.82, 2.24) is 9.97 Å². The van der Waals surface area contributed by atoms with Crippen LogP contribution < -0.4 is 10.2 Å². The Morgan fingerprint density at radius 2 is 2.00 bits per heavy atom. The molecule has 0 saturated heterocycles. The fourth-order valence-corrected chi connectivity index (χ4v) is 1.51. The van der Waals surface area contributed by atoms with Gasteiger partial charge in [-0.1, -0.05) is 6.07 Å². The molecule has 0 radical (unpaired) electrons. The van der Waals surface area contributed by atoms with Gasteiger partial charge in [0.1, 0.15) is 6.07 Å². The van der Waals surface area contributed by atoms with Gasteiger partial charge < -0.3 is 10.2 Å². The molecular formula is C13H13N5. The van der Waals surface area contributed by atoms with E-state index < -0.39 is 0 Å². The molecule has 90 valence electrons. The van der Waals surface area contributed by atoms with E-state index in [1.54, 1.807) is 6.20 Å². The molecule has 0 spiro atoms. The van der Waals surface area contributed by atoms with Crippen molar-refractivity contribution in [2.24, 2.45) is 0 Å². The lowest BCUT2D eigenvalue weighted by molar-refractivity contribution is 1.13. The third-order valence-electron chi connectivity index (χ3n) is 2.43. The smallest absolute Gasteiger partial charge is 0.183 e. The molecule has 1 aromatic heterocycles. The second kappa shape index (κ2) is 5.15. The Bertz CT molecular complexity index is 586. The summed E-state index contributed by atoms with van der Waals surface area (Å²) in [5.74, 6) is 0.468. The largest absolute Gasteiger partial charge is 0.378 e. The van der Waals surface area contributed by atoms with E-state index in [1.165, 1.54) is 6.20 Å². The van der Waals surface area contributed by atoms with Crippen molar-refractivity contribution >= 4 is 17.2 Å². The summed E-state index contributed by atoms with van der Waals surface area (Å²) in [6.07, 6.45) is 3.05. The number of anilines is 3. The lowest BCUT2D eigenvalue weighted by atomic mass is 10.2. The van der Waals surface area contributed by atoms with Gasteiger partial charge in [0.25, 0.3) is 0 Å². The molecule has 1 N–H and O–H groups in total. The van der Waals surface area contributed by atoms with Gasteiger partial charge in [-0.25, -0.2) is 9.97 Å². The molecule has 0 unspecified atom stereocenters. The lowest BCUT2D eigenvalue weighted by Gasteiger charge is -2.14. The lowest BCUT2D eigenvalue weighted by Crippen LogP contribution is -2.08. The second-order valence-corrected chi connectivity index (χ2v) is 3.94. The molecule has 18 heavy (non-hydrogen) atoms. The fourth-order valence-electron chi connectivity index (χ4n) is 1.51. The third-order valence-corrected chi connectivity index (χ3v) is 2.43. The van der Waals surface area contributed by atoms with E-state index in [-0.39, 0.29) is 5.69 Å². The minimum atomic E-state index is 0.285. The van der Waals surface area contributed by atoms with E-state index in [9.17, 15) is 0 Å². The van der Waals surface area contributed by atoms with E-state index in [1.807, 2.05) is 49.3 Å². The van der Waals surface area contributed by atoms with Gasteiger partial charge in [0, 0.05) is 37.9 Å². The number of benzene rings is 1. The molecule has 0 aliphatic rings. The van der Waals surface area contributed by atoms with Crippen molar-refractivity contribution in [3.05, 3.63) is 42.4 Å². The van der Waals surface area contributed by atoms with E-state index in [4.69, 9.17) is 5.26 Å². The topological polar surface area (TPSA) is 64.8 Å². The Morgan fingerprint density at radius 3 is 2.72 bits per heavy atom. The van der Waals surface area contributed by atoms with Gasteiger partial charge in [-0.2, -0.15) is 5.26 Å². The van der Waals surface area contributed by atoms with Crippen LogP contribution in [0.25, 0.3) is 0 Å². The van der Waals surface area contributed by atoms with Crippen LogP contribution >= 0.6 is 0 Å². The van der Waals surface area contributed by atoms with E-state index in [2.05, 4.69) is 15.3 Å². The minimum absolute atomic E-state index is 0.285. The molecule has 0 saturated carbocycles. The first-order valence-electron chi connectivity index (χ1n) is 5.46. The van der Waals surface area contributed by atoms with Crippen LogP contribution in [0.5, 0.6) is 0 Å². The molecule has 5 nitrogen and oxygen atoms in total. The molecule has 1 heterocycles. The molecule has 0 bridgehead atoms. The zero-order valence-corrected chi connectivity index (χ0v) is 10.3. The van der Waals surface area contributed by atoms with Gasteiger partial charge in [-0.3, -0.25) is 0 Å². The SMILES string of the molecule is CN(C)c1cccc(Nc2nccnc2C#N)c1. The number of rotatable bonds is 3. The molecule has 0 fully saturated rings. The summed E-state index contributed by atoms with van der Waals surface area (Å²) in [4.78, 5) is 10.1. The Kier molecular flexibility index (Phi) is 3.39. The van der Waals surface area contributed by atoms with Crippen molar-refractivity contribution in [3.8, 4) is 6.07 Å². The van der Waals surface area contributed by atoms with Crippen LogP contribution in [0.3, 0.4) is 0 Å². The molecular weight excluding hydrogens is 226 g/mol. The Hall–Kier alpha value is -2.61. The number of hydrogen-bond acceptors (Lipinski definition) is 5. The average Bonchev–Trinajstić information content (AvgIpc) is 2.39. The Labute approximate surface area is 106 Å². The first-order chi connectivity index (χ1) is 8.70. The van der Waals surface area contributed by atoms with Crippen LogP contribution in [-0.4, -0.2) is 24.1 Å². The van der Waals surface area contributed by atoms with Gasteiger partial charge in [0.15, 0.2) is 11.5 Å². The van der Waals surface area contributed by atoms with Crippen LogP contribution in [0.1, 0.15) is 5.69 Å². The van der Waals surface area contributed by atoms with Gasteiger partial charge in [0.05, 0.1) is 0 Å². The maximum absolute atomic E-state index is 8.94. The zero-order valence-electron chi connectivity index (χ0n) is 10.3. The monoisotopic (exact) mass is 239 g/mol. The highest BCUT2D eigenvalue weighted by Crippen LogP contribution is 2.21. The minimum Gasteiger partial charge on any atom is -0.378 e. The van der Waals surface area contributed by atoms with Crippen LogP contribution in [0.2, 0.25) is 0 Å². The normalized spacial score (nSPS) is 9.61. The highest BCUT2D eigenvalue weighted by molar-refractivity contribution is 5.65. The van der Waals surface area contributed by atoms with Crippen molar-refractivity contribution in [2.45, 2.75) is 0 Å². The average molecular weight is 239 g/mol. The summed E-state index contributed by atoms with van der Waals surface area (Å²) < 4.78 is 0. The van der Waals surface area contributed by atoms with Gasteiger partial charge in [0.2, 0.25) is 0 Å². The van der Waals surface area contributed by atoms with Crippen molar-refractivity contribution in [2.75, 3.05) is 24.3 Å². The molecule has 0 aliphatic carbocycles. The fraction of sp³-hybridized carbons (Fsp3) is 0.154. The first kappa shape index (κ1) is 11.9. The summed E-state index contributed by atoms with van der Waals surface area (Å²) in [5.41, 5.74) is 2.23. The van der Waals surface area contributed by atoms with Gasteiger partial charge >= 0.3 is 0 Å². The third kappa shape index (κ3) is 2.55. The van der Waals surface area contributed by atoms with E-state index in [0.717, 1.165) is 11.4 Å². The molecule has 2 rings (SSSR count). The molecule has 2 aromatic rings. The van der Waals surface area contributed by atoms with E-state index in [0.29, 0.717) is 5.82 Å². The number of aromatic nitrogens is 2. The molecule has 1 aromatic carbocycles. The van der Waals surface area contributed by atoms with Crippen LogP contribution in [0.4, 0.5) is 17.2 Å². The Balaban J connectivity index is 2.29. The molecule has 0 amide bonds. The highest BCUT2D eigenvalue weighted by Gasteiger charge is 2.05. The summed E-state index contributed by atoms with van der Waals surface area (Å²) in [6, 6.07) is 9.86. The summed E-state index contributed by atoms with van der Waals surface area (Å²) in [7, 11) is 3.95. The Morgan fingerprint density at radius 1 is 1.22 bits per heavy atom. The quantitative estimate of drug-likeness (QED) is 0.889. The zero-order chi connectivity index (χ0) is 13.0. The van der Waals surface area contributed by atoms with E-state index >= 15 is 0 Å². The summed E-state index contributed by atoms with van der Waals surface area (Å²) in [5, 5.41) is 12.0. The molecule has 0 atom stereocenters. The number of nitriles is 1.